The maximum atomic E-state index is 9.97. The number of rotatable bonds is 6. The molecule has 0 bridgehead atoms. The molecule has 0 saturated carbocycles. The number of nitrogens with one attached hydrogen (secondary N) is 1. The van der Waals surface area contributed by atoms with Crippen LogP contribution in [-0.4, -0.2) is 25.4 Å². The van der Waals surface area contributed by atoms with Crippen molar-refractivity contribution in [3.63, 3.8) is 0 Å². The van der Waals surface area contributed by atoms with Gasteiger partial charge in [-0.2, -0.15) is 0 Å². The number of anilines is 1. The Balaban J connectivity index is 2.38. The van der Waals surface area contributed by atoms with E-state index < -0.39 is 5.54 Å². The van der Waals surface area contributed by atoms with Crippen LogP contribution < -0.4 is 5.32 Å². The highest BCUT2D eigenvalue weighted by Gasteiger charge is 2.31. The van der Waals surface area contributed by atoms with Crippen LogP contribution in [0.3, 0.4) is 0 Å². The van der Waals surface area contributed by atoms with Gasteiger partial charge in [0.05, 0.1) is 18.2 Å². The van der Waals surface area contributed by atoms with Crippen molar-refractivity contribution >= 4 is 33.2 Å². The van der Waals surface area contributed by atoms with E-state index in [4.69, 9.17) is 16.3 Å². The van der Waals surface area contributed by atoms with E-state index in [1.54, 1.807) is 13.2 Å². The quantitative estimate of drug-likeness (QED) is 0.806. The third kappa shape index (κ3) is 3.77. The first-order valence-electron chi connectivity index (χ1n) is 6.50. The van der Waals surface area contributed by atoms with Crippen LogP contribution in [0.2, 0.25) is 5.02 Å². The van der Waals surface area contributed by atoms with E-state index in [9.17, 15) is 5.11 Å². The second-order valence-corrected chi connectivity index (χ2v) is 6.05. The smallest absolute Gasteiger partial charge is 0.109 e. The SMILES string of the molecule is COCC(CO)(Nc1ccc(Cl)c(Br)c1)c1ccccc1. The molecule has 0 fully saturated rings. The van der Waals surface area contributed by atoms with Crippen LogP contribution in [0.15, 0.2) is 53.0 Å². The second-order valence-electron chi connectivity index (χ2n) is 4.79. The van der Waals surface area contributed by atoms with Crippen molar-refractivity contribution in [2.75, 3.05) is 25.6 Å². The topological polar surface area (TPSA) is 41.5 Å². The molecule has 0 spiro atoms. The number of hydrogen-bond acceptors (Lipinski definition) is 3. The molecule has 1 unspecified atom stereocenters. The largest absolute Gasteiger partial charge is 0.393 e. The van der Waals surface area contributed by atoms with Crippen molar-refractivity contribution in [1.82, 2.24) is 0 Å². The molecule has 21 heavy (non-hydrogen) atoms. The zero-order valence-corrected chi connectivity index (χ0v) is 14.0. The number of benzene rings is 2. The summed E-state index contributed by atoms with van der Waals surface area (Å²) in [6.45, 7) is 0.249. The molecule has 0 heterocycles. The first-order chi connectivity index (χ1) is 10.1. The van der Waals surface area contributed by atoms with Gasteiger partial charge in [0.15, 0.2) is 0 Å². The molecule has 2 aromatic rings. The third-order valence-corrected chi connectivity index (χ3v) is 4.50. The maximum absolute atomic E-state index is 9.97. The van der Waals surface area contributed by atoms with Crippen LogP contribution in [0.4, 0.5) is 5.69 Å². The molecule has 0 aromatic heterocycles. The van der Waals surface area contributed by atoms with Crippen molar-refractivity contribution in [2.45, 2.75) is 5.54 Å². The second kappa shape index (κ2) is 7.27. The van der Waals surface area contributed by atoms with Crippen molar-refractivity contribution in [3.05, 3.63) is 63.6 Å². The summed E-state index contributed by atoms with van der Waals surface area (Å²) in [6, 6.07) is 15.3. The van der Waals surface area contributed by atoms with Crippen LogP contribution >= 0.6 is 27.5 Å². The number of halogens is 2. The van der Waals surface area contributed by atoms with Crippen molar-refractivity contribution in [1.29, 1.82) is 0 Å². The number of methoxy groups -OCH3 is 1. The average Bonchev–Trinajstić information content (AvgIpc) is 2.51. The predicted octanol–water partition coefficient (Wildman–Crippen LogP) is 4.05. The summed E-state index contributed by atoms with van der Waals surface area (Å²) < 4.78 is 6.12. The van der Waals surface area contributed by atoms with E-state index in [2.05, 4.69) is 21.2 Å². The zero-order chi connectivity index (χ0) is 15.3. The summed E-state index contributed by atoms with van der Waals surface area (Å²) in [5, 5.41) is 14.0. The van der Waals surface area contributed by atoms with Crippen LogP contribution in [0, 0.1) is 0 Å². The van der Waals surface area contributed by atoms with Gasteiger partial charge in [0.1, 0.15) is 5.54 Å². The average molecular weight is 371 g/mol. The molecule has 0 aliphatic rings. The lowest BCUT2D eigenvalue weighted by Gasteiger charge is -2.34. The van der Waals surface area contributed by atoms with Crippen LogP contribution in [0.5, 0.6) is 0 Å². The summed E-state index contributed by atoms with van der Waals surface area (Å²) in [4.78, 5) is 0. The van der Waals surface area contributed by atoms with Gasteiger partial charge in [-0.25, -0.2) is 0 Å². The monoisotopic (exact) mass is 369 g/mol. The maximum Gasteiger partial charge on any atom is 0.109 e. The Bertz CT molecular complexity index is 594. The van der Waals surface area contributed by atoms with Gasteiger partial charge in [-0.15, -0.1) is 0 Å². The Morgan fingerprint density at radius 3 is 2.52 bits per heavy atom. The minimum atomic E-state index is -0.705. The van der Waals surface area contributed by atoms with Crippen molar-refractivity contribution < 1.29 is 9.84 Å². The van der Waals surface area contributed by atoms with E-state index in [-0.39, 0.29) is 6.61 Å². The molecule has 3 nitrogen and oxygen atoms in total. The number of aliphatic hydroxyl groups excluding tert-OH is 1. The molecule has 2 rings (SSSR count). The van der Waals surface area contributed by atoms with Gasteiger partial charge in [-0.1, -0.05) is 41.9 Å². The standard InChI is InChI=1S/C16H17BrClNO2/c1-21-11-16(10-20,12-5-3-2-4-6-12)19-13-7-8-15(18)14(17)9-13/h2-9,19-20H,10-11H2,1H3. The summed E-state index contributed by atoms with van der Waals surface area (Å²) >= 11 is 9.42. The normalized spacial score (nSPS) is 13.7. The van der Waals surface area contributed by atoms with E-state index >= 15 is 0 Å². The molecular weight excluding hydrogens is 354 g/mol. The Morgan fingerprint density at radius 1 is 1.24 bits per heavy atom. The molecular formula is C16H17BrClNO2. The minimum Gasteiger partial charge on any atom is -0.393 e. The minimum absolute atomic E-state index is 0.0922. The lowest BCUT2D eigenvalue weighted by Crippen LogP contribution is -2.43. The molecule has 112 valence electrons. The molecule has 5 heteroatoms. The van der Waals surface area contributed by atoms with E-state index in [0.29, 0.717) is 11.6 Å². The summed E-state index contributed by atoms with van der Waals surface area (Å²) in [6.07, 6.45) is 0. The van der Waals surface area contributed by atoms with Gasteiger partial charge in [-0.3, -0.25) is 0 Å². The van der Waals surface area contributed by atoms with Gasteiger partial charge in [0.25, 0.3) is 0 Å². The number of ether oxygens (including phenoxy) is 1. The van der Waals surface area contributed by atoms with Gasteiger partial charge < -0.3 is 15.2 Å². The van der Waals surface area contributed by atoms with Crippen molar-refractivity contribution in [2.24, 2.45) is 0 Å². The molecule has 2 N–H and O–H groups in total. The fourth-order valence-electron chi connectivity index (χ4n) is 2.22. The molecule has 0 saturated heterocycles. The highest BCUT2D eigenvalue weighted by molar-refractivity contribution is 9.10. The summed E-state index contributed by atoms with van der Waals surface area (Å²) in [5.74, 6) is 0. The predicted molar refractivity (Wildman–Crippen MR) is 89.9 cm³/mol. The van der Waals surface area contributed by atoms with Crippen LogP contribution in [0.25, 0.3) is 0 Å². The van der Waals surface area contributed by atoms with E-state index in [0.717, 1.165) is 15.7 Å². The summed E-state index contributed by atoms with van der Waals surface area (Å²) in [7, 11) is 1.62. The Kier molecular flexibility index (Phi) is 5.65. The zero-order valence-electron chi connectivity index (χ0n) is 11.6. The van der Waals surface area contributed by atoms with Crippen molar-refractivity contribution in [3.8, 4) is 0 Å². The lowest BCUT2D eigenvalue weighted by molar-refractivity contribution is 0.0978. The van der Waals surface area contributed by atoms with Gasteiger partial charge in [0, 0.05) is 17.3 Å². The number of hydrogen-bond donors (Lipinski definition) is 2. The first kappa shape index (κ1) is 16.3. The van der Waals surface area contributed by atoms with Crippen LogP contribution in [-0.2, 0) is 10.3 Å². The fraction of sp³-hybridized carbons (Fsp3) is 0.250. The fourth-order valence-corrected chi connectivity index (χ4v) is 2.72. The molecule has 2 aromatic carbocycles. The van der Waals surface area contributed by atoms with E-state index in [1.165, 1.54) is 0 Å². The lowest BCUT2D eigenvalue weighted by atomic mass is 9.91. The summed E-state index contributed by atoms with van der Waals surface area (Å²) in [5.41, 5.74) is 1.10. The van der Waals surface area contributed by atoms with E-state index in [1.807, 2.05) is 42.5 Å². The highest BCUT2D eigenvalue weighted by Crippen LogP contribution is 2.31. The van der Waals surface area contributed by atoms with Gasteiger partial charge >= 0.3 is 0 Å². The molecule has 0 aliphatic carbocycles. The molecule has 0 aliphatic heterocycles. The molecule has 0 radical (unpaired) electrons. The molecule has 0 amide bonds. The number of aliphatic hydroxyl groups is 1. The Morgan fingerprint density at radius 2 is 1.95 bits per heavy atom. The Labute approximate surface area is 138 Å². The van der Waals surface area contributed by atoms with Crippen LogP contribution in [0.1, 0.15) is 5.56 Å². The first-order valence-corrected chi connectivity index (χ1v) is 7.67. The van der Waals surface area contributed by atoms with Gasteiger partial charge in [-0.05, 0) is 39.7 Å². The third-order valence-electron chi connectivity index (χ3n) is 3.29. The van der Waals surface area contributed by atoms with Gasteiger partial charge in [0.2, 0.25) is 0 Å². The Hall–Kier alpha value is -1.07. The highest BCUT2D eigenvalue weighted by atomic mass is 79.9. The molecule has 1 atom stereocenters.